The van der Waals surface area contributed by atoms with E-state index in [0.29, 0.717) is 24.7 Å². The molecular formula is C29H25N5O2. The van der Waals surface area contributed by atoms with Gasteiger partial charge < -0.3 is 14.3 Å². The van der Waals surface area contributed by atoms with Crippen molar-refractivity contribution < 1.29 is 9.21 Å². The highest BCUT2D eigenvalue weighted by Gasteiger charge is 2.33. The van der Waals surface area contributed by atoms with E-state index in [0.717, 1.165) is 46.4 Å². The number of amides is 1. The minimum Gasteiger partial charge on any atom is -0.418 e. The predicted molar refractivity (Wildman–Crippen MR) is 137 cm³/mol. The molecule has 1 amide bonds. The van der Waals surface area contributed by atoms with Crippen molar-refractivity contribution in [2.24, 2.45) is 0 Å². The molecule has 1 fully saturated rings. The van der Waals surface area contributed by atoms with Gasteiger partial charge in [0, 0.05) is 12.1 Å². The Kier molecular flexibility index (Phi) is 5.87. The lowest BCUT2D eigenvalue weighted by Crippen LogP contribution is -2.32. The summed E-state index contributed by atoms with van der Waals surface area (Å²) in [6.45, 7) is 0.710. The minimum atomic E-state index is -0.171. The summed E-state index contributed by atoms with van der Waals surface area (Å²) < 4.78 is 6.06. The zero-order valence-corrected chi connectivity index (χ0v) is 19.7. The smallest absolute Gasteiger partial charge is 0.247 e. The zero-order chi connectivity index (χ0) is 24.3. The summed E-state index contributed by atoms with van der Waals surface area (Å²) in [5.41, 5.74) is 6.17. The first kappa shape index (κ1) is 22.0. The Labute approximate surface area is 208 Å². The van der Waals surface area contributed by atoms with Crippen LogP contribution in [-0.2, 0) is 11.2 Å². The van der Waals surface area contributed by atoms with Crippen LogP contribution in [0.3, 0.4) is 0 Å². The molecule has 1 unspecified atom stereocenters. The van der Waals surface area contributed by atoms with Crippen molar-refractivity contribution in [2.75, 3.05) is 6.54 Å². The van der Waals surface area contributed by atoms with Gasteiger partial charge in [0.05, 0.1) is 24.6 Å². The van der Waals surface area contributed by atoms with Crippen molar-refractivity contribution in [3.63, 3.8) is 0 Å². The van der Waals surface area contributed by atoms with Gasteiger partial charge in [0.2, 0.25) is 17.7 Å². The number of likely N-dealkylation sites (tertiary alicyclic amines) is 1. The highest BCUT2D eigenvalue weighted by Crippen LogP contribution is 2.33. The molecule has 1 N–H and O–H groups in total. The van der Waals surface area contributed by atoms with E-state index >= 15 is 0 Å². The second kappa shape index (κ2) is 9.62. The summed E-state index contributed by atoms with van der Waals surface area (Å²) in [6, 6.07) is 26.1. The fraction of sp³-hybridized carbons (Fsp3) is 0.172. The van der Waals surface area contributed by atoms with E-state index in [1.165, 1.54) is 0 Å². The van der Waals surface area contributed by atoms with Gasteiger partial charge in [-0.2, -0.15) is 0 Å². The third kappa shape index (κ3) is 4.43. The topological polar surface area (TPSA) is 87.9 Å². The second-order valence-electron chi connectivity index (χ2n) is 8.97. The first-order valence-electron chi connectivity index (χ1n) is 12.1. The van der Waals surface area contributed by atoms with Crippen LogP contribution < -0.4 is 0 Å². The van der Waals surface area contributed by atoms with E-state index in [-0.39, 0.29) is 11.9 Å². The van der Waals surface area contributed by atoms with Gasteiger partial charge in [-0.15, -0.1) is 10.2 Å². The maximum Gasteiger partial charge on any atom is 0.247 e. The molecular weight excluding hydrogens is 450 g/mol. The second-order valence-corrected chi connectivity index (χ2v) is 8.97. The molecule has 1 saturated heterocycles. The predicted octanol–water partition coefficient (Wildman–Crippen LogP) is 5.70. The van der Waals surface area contributed by atoms with Crippen LogP contribution in [0.5, 0.6) is 0 Å². The normalized spacial score (nSPS) is 15.3. The average molecular weight is 476 g/mol. The molecule has 7 heteroatoms. The molecule has 6 rings (SSSR count). The third-order valence-corrected chi connectivity index (χ3v) is 6.66. The Balaban J connectivity index is 1.16. The van der Waals surface area contributed by atoms with Crippen molar-refractivity contribution >= 4 is 5.91 Å². The van der Waals surface area contributed by atoms with Crippen LogP contribution in [0.15, 0.2) is 95.8 Å². The molecule has 36 heavy (non-hydrogen) atoms. The molecule has 0 spiro atoms. The number of imidazole rings is 1. The van der Waals surface area contributed by atoms with Crippen LogP contribution in [0.25, 0.3) is 33.8 Å². The lowest BCUT2D eigenvalue weighted by molar-refractivity contribution is -0.131. The van der Waals surface area contributed by atoms with Gasteiger partial charge >= 0.3 is 0 Å². The van der Waals surface area contributed by atoms with Crippen LogP contribution in [0.2, 0.25) is 0 Å². The molecule has 1 atom stereocenters. The fourth-order valence-electron chi connectivity index (χ4n) is 4.74. The highest BCUT2D eigenvalue weighted by molar-refractivity contribution is 5.79. The third-order valence-electron chi connectivity index (χ3n) is 6.66. The van der Waals surface area contributed by atoms with Gasteiger partial charge in [0.15, 0.2) is 0 Å². The first-order valence-corrected chi connectivity index (χ1v) is 12.1. The largest absolute Gasteiger partial charge is 0.418 e. The molecule has 0 bridgehead atoms. The summed E-state index contributed by atoms with van der Waals surface area (Å²) in [6.07, 6.45) is 5.62. The maximum absolute atomic E-state index is 13.0. The number of aromatic nitrogens is 4. The van der Waals surface area contributed by atoms with E-state index in [1.54, 1.807) is 6.33 Å². The van der Waals surface area contributed by atoms with Crippen molar-refractivity contribution in [1.29, 1.82) is 0 Å². The van der Waals surface area contributed by atoms with Crippen molar-refractivity contribution in [3.8, 4) is 33.8 Å². The Morgan fingerprint density at radius 1 is 0.889 bits per heavy atom. The molecule has 3 aromatic carbocycles. The Bertz CT molecular complexity index is 1440. The lowest BCUT2D eigenvalue weighted by atomic mass is 10.0. The molecule has 1 aliphatic rings. The first-order chi connectivity index (χ1) is 17.7. The number of H-pyrrole nitrogens is 1. The molecule has 5 aromatic rings. The van der Waals surface area contributed by atoms with Crippen LogP contribution >= 0.6 is 0 Å². The maximum atomic E-state index is 13.0. The summed E-state index contributed by atoms with van der Waals surface area (Å²) in [5.74, 6) is 1.06. The van der Waals surface area contributed by atoms with E-state index in [1.807, 2.05) is 53.6 Å². The van der Waals surface area contributed by atoms with Gasteiger partial charge in [-0.25, -0.2) is 4.98 Å². The average Bonchev–Trinajstić information content (AvgIpc) is 3.71. The summed E-state index contributed by atoms with van der Waals surface area (Å²) in [7, 11) is 0. The number of benzene rings is 3. The monoisotopic (exact) mass is 475 g/mol. The van der Waals surface area contributed by atoms with E-state index in [2.05, 4.69) is 56.6 Å². The molecule has 0 radical (unpaired) electrons. The number of hydrogen-bond donors (Lipinski definition) is 1. The number of nitrogens with zero attached hydrogens (tertiary/aromatic N) is 4. The zero-order valence-electron chi connectivity index (χ0n) is 19.7. The molecule has 1 aliphatic heterocycles. The number of rotatable bonds is 6. The molecule has 7 nitrogen and oxygen atoms in total. The van der Waals surface area contributed by atoms with Gasteiger partial charge in [-0.3, -0.25) is 4.79 Å². The SMILES string of the molecule is O=C(Cc1ccccc1)N1CCCC1c1nnc(-c2ccc(-c3ccc(-c4cnc[nH]4)cc3)cc2)o1. The number of carbonyl (C=O) groups excluding carboxylic acids is 1. The molecule has 178 valence electrons. The number of aromatic amines is 1. The summed E-state index contributed by atoms with van der Waals surface area (Å²) in [4.78, 5) is 22.0. The molecule has 2 aromatic heterocycles. The van der Waals surface area contributed by atoms with Gasteiger partial charge in [-0.05, 0) is 47.2 Å². The van der Waals surface area contributed by atoms with Crippen LogP contribution in [0.1, 0.15) is 30.3 Å². The molecule has 3 heterocycles. The van der Waals surface area contributed by atoms with Crippen molar-refractivity contribution in [1.82, 2.24) is 25.1 Å². The standard InChI is InChI=1S/C29H25N5O2/c35-27(17-20-5-2-1-3-6-20)34-16-4-7-26(34)29-33-32-28(36-29)24-14-10-22(11-15-24)21-8-12-23(13-9-21)25-18-30-19-31-25/h1-3,5-6,8-15,18-19,26H,4,7,16-17H2,(H,30,31). The number of hydrogen-bond acceptors (Lipinski definition) is 5. The molecule has 0 saturated carbocycles. The Morgan fingerprint density at radius 3 is 2.28 bits per heavy atom. The van der Waals surface area contributed by atoms with E-state index in [9.17, 15) is 4.79 Å². The van der Waals surface area contributed by atoms with Gasteiger partial charge in [-0.1, -0.05) is 66.7 Å². The minimum absolute atomic E-state index is 0.0892. The van der Waals surface area contributed by atoms with Crippen molar-refractivity contribution in [3.05, 3.63) is 103 Å². The van der Waals surface area contributed by atoms with Crippen LogP contribution in [0, 0.1) is 0 Å². The molecule has 0 aliphatic carbocycles. The quantitative estimate of drug-likeness (QED) is 0.340. The van der Waals surface area contributed by atoms with Crippen LogP contribution in [0.4, 0.5) is 0 Å². The Hall–Kier alpha value is -4.52. The fourth-order valence-corrected chi connectivity index (χ4v) is 4.74. The van der Waals surface area contributed by atoms with Crippen LogP contribution in [-0.4, -0.2) is 37.5 Å². The lowest BCUT2D eigenvalue weighted by Gasteiger charge is -2.22. The summed E-state index contributed by atoms with van der Waals surface area (Å²) in [5, 5.41) is 8.60. The number of nitrogens with one attached hydrogen (secondary N) is 1. The summed E-state index contributed by atoms with van der Waals surface area (Å²) >= 11 is 0. The number of carbonyl (C=O) groups is 1. The van der Waals surface area contributed by atoms with Crippen molar-refractivity contribution in [2.45, 2.75) is 25.3 Å². The highest BCUT2D eigenvalue weighted by atomic mass is 16.4. The Morgan fingerprint density at radius 2 is 1.58 bits per heavy atom. The van der Waals surface area contributed by atoms with E-state index in [4.69, 9.17) is 4.42 Å². The van der Waals surface area contributed by atoms with E-state index < -0.39 is 0 Å². The van der Waals surface area contributed by atoms with Gasteiger partial charge in [0.1, 0.15) is 6.04 Å². The van der Waals surface area contributed by atoms with Gasteiger partial charge in [0.25, 0.3) is 0 Å².